The first kappa shape index (κ1) is 9.99. The summed E-state index contributed by atoms with van der Waals surface area (Å²) in [5, 5.41) is 0.661. The molecular formula is C10H8BrClO2. The van der Waals surface area contributed by atoms with Crippen LogP contribution in [0.2, 0.25) is 5.02 Å². The summed E-state index contributed by atoms with van der Waals surface area (Å²) in [6, 6.07) is 5.34. The summed E-state index contributed by atoms with van der Waals surface area (Å²) >= 11 is 9.13. The van der Waals surface area contributed by atoms with E-state index in [4.69, 9.17) is 16.3 Å². The van der Waals surface area contributed by atoms with E-state index in [-0.39, 0.29) is 11.9 Å². The molecule has 0 atom stereocenters. The summed E-state index contributed by atoms with van der Waals surface area (Å²) in [7, 11) is 0. The van der Waals surface area contributed by atoms with Gasteiger partial charge in [-0.3, -0.25) is 4.79 Å². The average Bonchev–Trinajstić information content (AvgIpc) is 2.06. The van der Waals surface area contributed by atoms with Gasteiger partial charge < -0.3 is 4.74 Å². The number of hydrogen-bond donors (Lipinski definition) is 0. The SMILES string of the molecule is O=C1CC(Oc2ccc(Cl)cc2Br)C1. The molecule has 0 radical (unpaired) electrons. The molecule has 1 fully saturated rings. The van der Waals surface area contributed by atoms with Gasteiger partial charge in [-0.15, -0.1) is 0 Å². The number of hydrogen-bond acceptors (Lipinski definition) is 2. The maximum absolute atomic E-state index is 10.7. The van der Waals surface area contributed by atoms with E-state index in [1.54, 1.807) is 18.2 Å². The summed E-state index contributed by atoms with van der Waals surface area (Å²) in [6.45, 7) is 0. The van der Waals surface area contributed by atoms with Crippen molar-refractivity contribution < 1.29 is 9.53 Å². The Hall–Kier alpha value is -0.540. The molecule has 0 N–H and O–H groups in total. The van der Waals surface area contributed by atoms with Crippen LogP contribution in [0, 0.1) is 0 Å². The molecule has 2 rings (SSSR count). The van der Waals surface area contributed by atoms with Gasteiger partial charge in [0.25, 0.3) is 0 Å². The third-order valence-corrected chi connectivity index (χ3v) is 2.95. The van der Waals surface area contributed by atoms with Gasteiger partial charge in [-0.1, -0.05) is 11.6 Å². The van der Waals surface area contributed by atoms with Crippen molar-refractivity contribution in [2.75, 3.05) is 0 Å². The van der Waals surface area contributed by atoms with Crippen LogP contribution in [0.4, 0.5) is 0 Å². The highest BCUT2D eigenvalue weighted by molar-refractivity contribution is 9.10. The zero-order valence-electron chi connectivity index (χ0n) is 7.30. The number of rotatable bonds is 2. The van der Waals surface area contributed by atoms with Gasteiger partial charge in [0.15, 0.2) is 0 Å². The Balaban J connectivity index is 2.06. The fourth-order valence-corrected chi connectivity index (χ4v) is 2.06. The molecule has 0 aromatic heterocycles. The van der Waals surface area contributed by atoms with Crippen LogP contribution in [0.25, 0.3) is 0 Å². The largest absolute Gasteiger partial charge is 0.488 e. The fraction of sp³-hybridized carbons (Fsp3) is 0.300. The highest BCUT2D eigenvalue weighted by Crippen LogP contribution is 2.31. The summed E-state index contributed by atoms with van der Waals surface area (Å²) in [4.78, 5) is 10.7. The van der Waals surface area contributed by atoms with Gasteiger partial charge in [0.2, 0.25) is 0 Å². The molecule has 1 aromatic rings. The highest BCUT2D eigenvalue weighted by Gasteiger charge is 2.28. The first-order valence-electron chi connectivity index (χ1n) is 4.28. The topological polar surface area (TPSA) is 26.3 Å². The van der Waals surface area contributed by atoms with E-state index in [1.165, 1.54) is 0 Å². The Labute approximate surface area is 95.3 Å². The summed E-state index contributed by atoms with van der Waals surface area (Å²) < 4.78 is 6.40. The smallest absolute Gasteiger partial charge is 0.140 e. The van der Waals surface area contributed by atoms with Crippen molar-refractivity contribution in [2.45, 2.75) is 18.9 Å². The lowest BCUT2D eigenvalue weighted by molar-refractivity contribution is -0.129. The van der Waals surface area contributed by atoms with E-state index in [0.717, 1.165) is 10.2 Å². The first-order chi connectivity index (χ1) is 6.65. The van der Waals surface area contributed by atoms with Crippen molar-refractivity contribution in [3.8, 4) is 5.75 Å². The number of carbonyl (C=O) groups excluding carboxylic acids is 1. The molecule has 0 heterocycles. The average molecular weight is 276 g/mol. The lowest BCUT2D eigenvalue weighted by Crippen LogP contribution is -2.33. The van der Waals surface area contributed by atoms with Gasteiger partial charge in [-0.25, -0.2) is 0 Å². The minimum Gasteiger partial charge on any atom is -0.488 e. The Morgan fingerprint density at radius 1 is 1.43 bits per heavy atom. The number of ketones is 1. The highest BCUT2D eigenvalue weighted by atomic mass is 79.9. The second kappa shape index (κ2) is 3.91. The molecule has 1 aromatic carbocycles. The van der Waals surface area contributed by atoms with Crippen LogP contribution >= 0.6 is 27.5 Å². The lowest BCUT2D eigenvalue weighted by atomic mass is 9.94. The molecular weight excluding hydrogens is 267 g/mol. The molecule has 0 bridgehead atoms. The summed E-state index contributed by atoms with van der Waals surface area (Å²) in [5.41, 5.74) is 0. The number of benzene rings is 1. The zero-order valence-corrected chi connectivity index (χ0v) is 9.64. The molecule has 0 spiro atoms. The molecule has 1 saturated carbocycles. The van der Waals surface area contributed by atoms with Crippen molar-refractivity contribution in [3.05, 3.63) is 27.7 Å². The second-order valence-corrected chi connectivity index (χ2v) is 4.55. The fourth-order valence-electron chi connectivity index (χ4n) is 1.28. The number of ether oxygens (including phenoxy) is 1. The van der Waals surface area contributed by atoms with Gasteiger partial charge in [-0.2, -0.15) is 0 Å². The van der Waals surface area contributed by atoms with Gasteiger partial charge in [0.05, 0.1) is 4.47 Å². The van der Waals surface area contributed by atoms with Gasteiger partial charge >= 0.3 is 0 Å². The second-order valence-electron chi connectivity index (χ2n) is 3.26. The third kappa shape index (κ3) is 2.10. The van der Waals surface area contributed by atoms with Crippen LogP contribution in [0.3, 0.4) is 0 Å². The van der Waals surface area contributed by atoms with Gasteiger partial charge in [0, 0.05) is 17.9 Å². The van der Waals surface area contributed by atoms with Crippen LogP contribution in [0.1, 0.15) is 12.8 Å². The molecule has 0 aliphatic heterocycles. The van der Waals surface area contributed by atoms with E-state index in [9.17, 15) is 4.79 Å². The van der Waals surface area contributed by atoms with E-state index in [1.807, 2.05) is 0 Å². The molecule has 0 unspecified atom stereocenters. The van der Waals surface area contributed by atoms with Crippen molar-refractivity contribution in [3.63, 3.8) is 0 Å². The molecule has 4 heteroatoms. The molecule has 14 heavy (non-hydrogen) atoms. The Kier molecular flexibility index (Phi) is 2.79. The number of Topliss-reactive ketones (excluding diaryl/α,β-unsaturated/α-hetero) is 1. The monoisotopic (exact) mass is 274 g/mol. The maximum Gasteiger partial charge on any atom is 0.140 e. The van der Waals surface area contributed by atoms with Crippen LogP contribution in [-0.4, -0.2) is 11.9 Å². The van der Waals surface area contributed by atoms with Crippen molar-refractivity contribution >= 4 is 33.3 Å². The number of carbonyl (C=O) groups is 1. The van der Waals surface area contributed by atoms with Crippen LogP contribution in [-0.2, 0) is 4.79 Å². The molecule has 1 aliphatic carbocycles. The van der Waals surface area contributed by atoms with Crippen molar-refractivity contribution in [2.24, 2.45) is 0 Å². The predicted molar refractivity (Wildman–Crippen MR) is 57.8 cm³/mol. The predicted octanol–water partition coefficient (Wildman–Crippen LogP) is 3.21. The van der Waals surface area contributed by atoms with Crippen LogP contribution < -0.4 is 4.74 Å². The minimum absolute atomic E-state index is 0.0416. The third-order valence-electron chi connectivity index (χ3n) is 2.10. The molecule has 2 nitrogen and oxygen atoms in total. The molecule has 0 saturated heterocycles. The van der Waals surface area contributed by atoms with Gasteiger partial charge in [0.1, 0.15) is 17.6 Å². The van der Waals surface area contributed by atoms with Crippen molar-refractivity contribution in [1.29, 1.82) is 0 Å². The van der Waals surface area contributed by atoms with E-state index in [2.05, 4.69) is 15.9 Å². The molecule has 1 aliphatic rings. The lowest BCUT2D eigenvalue weighted by Gasteiger charge is -2.25. The first-order valence-corrected chi connectivity index (χ1v) is 5.45. The van der Waals surface area contributed by atoms with Crippen LogP contribution in [0.15, 0.2) is 22.7 Å². The standard InChI is InChI=1S/C10H8BrClO2/c11-9-3-6(12)1-2-10(9)14-8-4-7(13)5-8/h1-3,8H,4-5H2. The van der Waals surface area contributed by atoms with E-state index >= 15 is 0 Å². The van der Waals surface area contributed by atoms with Crippen LogP contribution in [0.5, 0.6) is 5.75 Å². The van der Waals surface area contributed by atoms with E-state index < -0.39 is 0 Å². The molecule has 74 valence electrons. The summed E-state index contributed by atoms with van der Waals surface area (Å²) in [6.07, 6.45) is 1.09. The quantitative estimate of drug-likeness (QED) is 0.828. The van der Waals surface area contributed by atoms with Crippen molar-refractivity contribution in [1.82, 2.24) is 0 Å². The molecule has 0 amide bonds. The Morgan fingerprint density at radius 3 is 2.71 bits per heavy atom. The van der Waals surface area contributed by atoms with Gasteiger partial charge in [-0.05, 0) is 34.1 Å². The Bertz CT molecular complexity index is 370. The maximum atomic E-state index is 10.7. The summed E-state index contributed by atoms with van der Waals surface area (Å²) in [5.74, 6) is 1.01. The van der Waals surface area contributed by atoms with E-state index in [0.29, 0.717) is 17.9 Å². The minimum atomic E-state index is 0.0416. The normalized spacial score (nSPS) is 16.6. The Morgan fingerprint density at radius 2 is 2.14 bits per heavy atom. The number of halogens is 2. The zero-order chi connectivity index (χ0) is 10.1.